The van der Waals surface area contributed by atoms with Crippen LogP contribution in [0.5, 0.6) is 28.7 Å². The van der Waals surface area contributed by atoms with Crippen LogP contribution in [0.3, 0.4) is 0 Å². The lowest BCUT2D eigenvalue weighted by Crippen LogP contribution is -1.87. The average Bonchev–Trinajstić information content (AvgIpc) is 2.94. The predicted molar refractivity (Wildman–Crippen MR) is 75.5 cm³/mol. The van der Waals surface area contributed by atoms with Crippen LogP contribution in [0.1, 0.15) is 0 Å². The van der Waals surface area contributed by atoms with Gasteiger partial charge in [0, 0.05) is 5.56 Å². The molecule has 1 aromatic heterocycles. The molecule has 0 bridgehead atoms. The van der Waals surface area contributed by atoms with Crippen molar-refractivity contribution in [2.45, 2.75) is 0 Å². The molecule has 6 nitrogen and oxygen atoms in total. The fraction of sp³-hybridized carbons (Fsp3) is 0. The SMILES string of the molecule is Oc1ccc(-c2[nH]ncc2Oc2ccccc2)c(O)c1O. The monoisotopic (exact) mass is 284 g/mol. The lowest BCUT2D eigenvalue weighted by atomic mass is 10.1. The van der Waals surface area contributed by atoms with E-state index in [1.54, 1.807) is 12.1 Å². The summed E-state index contributed by atoms with van der Waals surface area (Å²) in [4.78, 5) is 0. The van der Waals surface area contributed by atoms with Gasteiger partial charge in [0.1, 0.15) is 11.4 Å². The number of benzene rings is 2. The first-order valence-electron chi connectivity index (χ1n) is 6.17. The molecule has 106 valence electrons. The lowest BCUT2D eigenvalue weighted by molar-refractivity contribution is 0.368. The standard InChI is InChI=1S/C15H12N2O4/c18-11-7-6-10(14(19)15(11)20)13-12(8-16-17-13)21-9-4-2-1-3-5-9/h1-8,18-20H,(H,16,17). The normalized spacial score (nSPS) is 10.5. The third-order valence-electron chi connectivity index (χ3n) is 2.97. The van der Waals surface area contributed by atoms with Crippen LogP contribution in [0.2, 0.25) is 0 Å². The Kier molecular flexibility index (Phi) is 3.12. The second kappa shape index (κ2) is 5.09. The van der Waals surface area contributed by atoms with Gasteiger partial charge in [-0.15, -0.1) is 0 Å². The molecule has 21 heavy (non-hydrogen) atoms. The zero-order valence-electron chi connectivity index (χ0n) is 10.8. The highest BCUT2D eigenvalue weighted by Gasteiger charge is 2.18. The molecule has 6 heteroatoms. The maximum Gasteiger partial charge on any atom is 0.200 e. The quantitative estimate of drug-likeness (QED) is 0.554. The molecule has 0 saturated carbocycles. The summed E-state index contributed by atoms with van der Waals surface area (Å²) in [5.41, 5.74) is 0.667. The molecule has 0 radical (unpaired) electrons. The van der Waals surface area contributed by atoms with Gasteiger partial charge in [-0.3, -0.25) is 5.10 Å². The van der Waals surface area contributed by atoms with Crippen LogP contribution in [-0.4, -0.2) is 25.5 Å². The van der Waals surface area contributed by atoms with Gasteiger partial charge in [0.05, 0.1) is 6.20 Å². The van der Waals surface area contributed by atoms with Gasteiger partial charge < -0.3 is 20.1 Å². The van der Waals surface area contributed by atoms with Crippen molar-refractivity contribution in [3.8, 4) is 40.0 Å². The number of hydrogen-bond acceptors (Lipinski definition) is 5. The summed E-state index contributed by atoms with van der Waals surface area (Å²) < 4.78 is 5.68. The van der Waals surface area contributed by atoms with E-state index in [4.69, 9.17) is 4.74 Å². The zero-order valence-corrected chi connectivity index (χ0v) is 10.8. The average molecular weight is 284 g/mol. The summed E-state index contributed by atoms with van der Waals surface area (Å²) in [5, 5.41) is 35.5. The first kappa shape index (κ1) is 12.9. The van der Waals surface area contributed by atoms with Crippen LogP contribution in [0.25, 0.3) is 11.3 Å². The van der Waals surface area contributed by atoms with E-state index >= 15 is 0 Å². The molecule has 0 spiro atoms. The number of para-hydroxylation sites is 1. The third kappa shape index (κ3) is 2.34. The van der Waals surface area contributed by atoms with Crippen molar-refractivity contribution in [3.05, 3.63) is 48.7 Å². The molecule has 4 N–H and O–H groups in total. The van der Waals surface area contributed by atoms with E-state index in [1.165, 1.54) is 18.3 Å². The first-order chi connectivity index (χ1) is 10.2. The highest BCUT2D eigenvalue weighted by molar-refractivity contribution is 5.76. The van der Waals surface area contributed by atoms with Crippen molar-refractivity contribution >= 4 is 0 Å². The third-order valence-corrected chi connectivity index (χ3v) is 2.97. The van der Waals surface area contributed by atoms with Crippen LogP contribution in [0.4, 0.5) is 0 Å². The molecule has 2 aromatic carbocycles. The first-order valence-corrected chi connectivity index (χ1v) is 6.17. The van der Waals surface area contributed by atoms with E-state index in [2.05, 4.69) is 10.2 Å². The highest BCUT2D eigenvalue weighted by Crippen LogP contribution is 2.44. The van der Waals surface area contributed by atoms with Crippen molar-refractivity contribution < 1.29 is 20.1 Å². The molecule has 0 fully saturated rings. The van der Waals surface area contributed by atoms with E-state index in [0.717, 1.165) is 0 Å². The fourth-order valence-corrected chi connectivity index (χ4v) is 1.93. The molecule has 0 aliphatic rings. The second-order valence-electron chi connectivity index (χ2n) is 4.35. The van der Waals surface area contributed by atoms with Crippen LogP contribution in [0.15, 0.2) is 48.7 Å². The molecular weight excluding hydrogens is 272 g/mol. The molecule has 1 heterocycles. The Morgan fingerprint density at radius 2 is 1.67 bits per heavy atom. The molecule has 0 saturated heterocycles. The molecule has 0 aliphatic carbocycles. The number of nitrogens with one attached hydrogen (secondary N) is 1. The summed E-state index contributed by atoms with van der Waals surface area (Å²) in [7, 11) is 0. The van der Waals surface area contributed by atoms with E-state index in [0.29, 0.717) is 17.2 Å². The summed E-state index contributed by atoms with van der Waals surface area (Å²) in [5.74, 6) is -0.435. The number of aromatic amines is 1. The summed E-state index contributed by atoms with van der Waals surface area (Å²) in [6.07, 6.45) is 1.46. The summed E-state index contributed by atoms with van der Waals surface area (Å²) in [6, 6.07) is 11.8. The Morgan fingerprint density at radius 3 is 2.43 bits per heavy atom. The van der Waals surface area contributed by atoms with Crippen molar-refractivity contribution in [3.63, 3.8) is 0 Å². The van der Waals surface area contributed by atoms with Gasteiger partial charge in [-0.25, -0.2) is 0 Å². The van der Waals surface area contributed by atoms with Gasteiger partial charge in [-0.1, -0.05) is 18.2 Å². The number of H-pyrrole nitrogens is 1. The Bertz CT molecular complexity index is 769. The number of aromatic hydroxyl groups is 3. The largest absolute Gasteiger partial charge is 0.504 e. The predicted octanol–water partition coefficient (Wildman–Crippen LogP) is 2.99. The fourth-order valence-electron chi connectivity index (χ4n) is 1.93. The Morgan fingerprint density at radius 1 is 0.905 bits per heavy atom. The smallest absolute Gasteiger partial charge is 0.200 e. The van der Waals surface area contributed by atoms with Crippen molar-refractivity contribution in [1.29, 1.82) is 0 Å². The summed E-state index contributed by atoms with van der Waals surface area (Å²) in [6.45, 7) is 0. The summed E-state index contributed by atoms with van der Waals surface area (Å²) >= 11 is 0. The van der Waals surface area contributed by atoms with Gasteiger partial charge in [-0.2, -0.15) is 5.10 Å². The Hall–Kier alpha value is -3.15. The van der Waals surface area contributed by atoms with Gasteiger partial charge in [0.25, 0.3) is 0 Å². The minimum atomic E-state index is -0.590. The second-order valence-corrected chi connectivity index (χ2v) is 4.35. The van der Waals surface area contributed by atoms with Crippen molar-refractivity contribution in [2.24, 2.45) is 0 Å². The number of hydrogen-bond donors (Lipinski definition) is 4. The molecule has 0 unspecified atom stereocenters. The van der Waals surface area contributed by atoms with E-state index < -0.39 is 17.2 Å². The van der Waals surface area contributed by atoms with Crippen LogP contribution >= 0.6 is 0 Å². The Balaban J connectivity index is 2.02. The zero-order chi connectivity index (χ0) is 14.8. The van der Waals surface area contributed by atoms with Crippen LogP contribution in [-0.2, 0) is 0 Å². The number of phenolic OH excluding ortho intramolecular Hbond substituents is 3. The van der Waals surface area contributed by atoms with Crippen LogP contribution < -0.4 is 4.74 Å². The van der Waals surface area contributed by atoms with Gasteiger partial charge in [0.15, 0.2) is 17.2 Å². The van der Waals surface area contributed by atoms with E-state index in [-0.39, 0.29) is 5.56 Å². The van der Waals surface area contributed by atoms with Crippen molar-refractivity contribution in [1.82, 2.24) is 10.2 Å². The van der Waals surface area contributed by atoms with Gasteiger partial charge in [-0.05, 0) is 24.3 Å². The van der Waals surface area contributed by atoms with Gasteiger partial charge >= 0.3 is 0 Å². The van der Waals surface area contributed by atoms with E-state index in [1.807, 2.05) is 18.2 Å². The topological polar surface area (TPSA) is 98.6 Å². The van der Waals surface area contributed by atoms with E-state index in [9.17, 15) is 15.3 Å². The highest BCUT2D eigenvalue weighted by atomic mass is 16.5. The maximum atomic E-state index is 9.93. The van der Waals surface area contributed by atoms with Crippen molar-refractivity contribution in [2.75, 3.05) is 0 Å². The number of phenols is 3. The Labute approximate surface area is 119 Å². The molecule has 0 atom stereocenters. The number of rotatable bonds is 3. The number of nitrogens with zero attached hydrogens (tertiary/aromatic N) is 1. The number of aromatic nitrogens is 2. The molecule has 3 rings (SSSR count). The minimum Gasteiger partial charge on any atom is -0.504 e. The maximum absolute atomic E-state index is 9.93. The molecule has 0 amide bonds. The number of ether oxygens (including phenoxy) is 1. The molecule has 0 aliphatic heterocycles. The van der Waals surface area contributed by atoms with Crippen LogP contribution in [0, 0.1) is 0 Å². The lowest BCUT2D eigenvalue weighted by Gasteiger charge is -2.09. The minimum absolute atomic E-state index is 0.272. The molecule has 3 aromatic rings. The molecular formula is C15H12N2O4. The van der Waals surface area contributed by atoms with Gasteiger partial charge in [0.2, 0.25) is 5.75 Å².